The molecule has 140 valence electrons. The SMILES string of the molecule is O=C(CCN1C(=O)NC2(CCCC2)C1=O)OCc1cccc2ccccc12. The Morgan fingerprint density at radius 2 is 1.81 bits per heavy atom. The number of carbonyl (C=O) groups is 3. The molecule has 1 spiro atoms. The van der Waals surface area contributed by atoms with Gasteiger partial charge >= 0.3 is 12.0 Å². The Morgan fingerprint density at radius 3 is 2.63 bits per heavy atom. The minimum atomic E-state index is -0.732. The summed E-state index contributed by atoms with van der Waals surface area (Å²) in [6, 6.07) is 13.4. The fourth-order valence-electron chi connectivity index (χ4n) is 4.05. The molecule has 0 aromatic heterocycles. The van der Waals surface area contributed by atoms with E-state index in [1.165, 1.54) is 0 Å². The first kappa shape index (κ1) is 17.5. The van der Waals surface area contributed by atoms with Crippen molar-refractivity contribution in [2.45, 2.75) is 44.2 Å². The van der Waals surface area contributed by atoms with Gasteiger partial charge in [-0.3, -0.25) is 14.5 Å². The summed E-state index contributed by atoms with van der Waals surface area (Å²) in [6.07, 6.45) is 3.24. The van der Waals surface area contributed by atoms with Crippen LogP contribution >= 0.6 is 0 Å². The predicted octanol–water partition coefficient (Wildman–Crippen LogP) is 3.14. The lowest BCUT2D eigenvalue weighted by Gasteiger charge is -2.19. The van der Waals surface area contributed by atoms with E-state index in [4.69, 9.17) is 4.74 Å². The van der Waals surface area contributed by atoms with Gasteiger partial charge in [0, 0.05) is 6.54 Å². The highest BCUT2D eigenvalue weighted by Gasteiger charge is 2.52. The second-order valence-electron chi connectivity index (χ2n) is 7.23. The Kier molecular flexibility index (Phi) is 4.56. The van der Waals surface area contributed by atoms with Gasteiger partial charge in [0.05, 0.1) is 6.42 Å². The number of imide groups is 1. The van der Waals surface area contributed by atoms with E-state index in [1.807, 2.05) is 42.5 Å². The molecule has 6 heteroatoms. The number of nitrogens with zero attached hydrogens (tertiary/aromatic N) is 1. The van der Waals surface area contributed by atoms with Gasteiger partial charge < -0.3 is 10.1 Å². The molecule has 1 N–H and O–H groups in total. The van der Waals surface area contributed by atoms with Gasteiger partial charge in [-0.15, -0.1) is 0 Å². The van der Waals surface area contributed by atoms with E-state index >= 15 is 0 Å². The molecular weight excluding hydrogens is 344 g/mol. The highest BCUT2D eigenvalue weighted by atomic mass is 16.5. The number of rotatable bonds is 5. The van der Waals surface area contributed by atoms with Gasteiger partial charge in [-0.25, -0.2) is 4.79 Å². The quantitative estimate of drug-likeness (QED) is 0.652. The van der Waals surface area contributed by atoms with E-state index in [-0.39, 0.29) is 25.5 Å². The lowest BCUT2D eigenvalue weighted by molar-refractivity contribution is -0.145. The topological polar surface area (TPSA) is 75.7 Å². The summed E-state index contributed by atoms with van der Waals surface area (Å²) in [5.41, 5.74) is 0.200. The molecule has 2 aromatic rings. The number of nitrogens with one attached hydrogen (secondary N) is 1. The normalized spacial score (nSPS) is 18.3. The maximum Gasteiger partial charge on any atom is 0.325 e. The van der Waals surface area contributed by atoms with Gasteiger partial charge in [0.25, 0.3) is 5.91 Å². The average molecular weight is 366 g/mol. The van der Waals surface area contributed by atoms with Crippen molar-refractivity contribution in [2.24, 2.45) is 0 Å². The first-order chi connectivity index (χ1) is 13.1. The van der Waals surface area contributed by atoms with Gasteiger partial charge in [0.2, 0.25) is 0 Å². The number of hydrogen-bond acceptors (Lipinski definition) is 4. The molecule has 2 aromatic carbocycles. The Bertz CT molecular complexity index is 897. The maximum absolute atomic E-state index is 12.6. The standard InChI is InChI=1S/C21H22N2O4/c24-18(27-14-16-8-5-7-15-6-1-2-9-17(15)16)10-13-23-19(25)21(22-20(23)26)11-3-4-12-21/h1-2,5-9H,3-4,10-14H2,(H,22,26). The van der Waals surface area contributed by atoms with Crippen molar-refractivity contribution in [2.75, 3.05) is 6.54 Å². The molecule has 0 bridgehead atoms. The Hall–Kier alpha value is -2.89. The van der Waals surface area contributed by atoms with Crippen LogP contribution in [0.15, 0.2) is 42.5 Å². The lowest BCUT2D eigenvalue weighted by Crippen LogP contribution is -2.44. The van der Waals surface area contributed by atoms with Crippen LogP contribution in [0.25, 0.3) is 10.8 Å². The highest BCUT2D eigenvalue weighted by Crippen LogP contribution is 2.35. The summed E-state index contributed by atoms with van der Waals surface area (Å²) >= 11 is 0. The van der Waals surface area contributed by atoms with Gasteiger partial charge in [0.15, 0.2) is 0 Å². The van der Waals surface area contributed by atoms with E-state index in [1.54, 1.807) is 0 Å². The molecule has 6 nitrogen and oxygen atoms in total. The number of fused-ring (bicyclic) bond motifs is 1. The first-order valence-electron chi connectivity index (χ1n) is 9.35. The van der Waals surface area contributed by atoms with Crippen molar-refractivity contribution in [1.29, 1.82) is 0 Å². The van der Waals surface area contributed by atoms with Crippen LogP contribution in [0.3, 0.4) is 0 Å². The van der Waals surface area contributed by atoms with Crippen LogP contribution in [0.1, 0.15) is 37.7 Å². The van der Waals surface area contributed by atoms with Crippen molar-refractivity contribution < 1.29 is 19.1 Å². The molecule has 27 heavy (non-hydrogen) atoms. The number of ether oxygens (including phenoxy) is 1. The molecule has 1 saturated heterocycles. The number of benzene rings is 2. The molecule has 2 aliphatic rings. The summed E-state index contributed by atoms with van der Waals surface area (Å²) < 4.78 is 5.37. The van der Waals surface area contributed by atoms with Crippen LogP contribution in [0.5, 0.6) is 0 Å². The summed E-state index contributed by atoms with van der Waals surface area (Å²) in [7, 11) is 0. The number of esters is 1. The Morgan fingerprint density at radius 1 is 1.07 bits per heavy atom. The zero-order chi connectivity index (χ0) is 18.9. The first-order valence-corrected chi connectivity index (χ1v) is 9.35. The van der Waals surface area contributed by atoms with Gasteiger partial charge in [0.1, 0.15) is 12.1 Å². The van der Waals surface area contributed by atoms with Crippen molar-refractivity contribution in [3.63, 3.8) is 0 Å². The van der Waals surface area contributed by atoms with Crippen LogP contribution in [0.4, 0.5) is 4.79 Å². The Labute approximate surface area is 157 Å². The largest absolute Gasteiger partial charge is 0.461 e. The molecule has 1 aliphatic heterocycles. The number of amides is 3. The third-order valence-electron chi connectivity index (χ3n) is 5.51. The van der Waals surface area contributed by atoms with Crippen LogP contribution < -0.4 is 5.32 Å². The minimum Gasteiger partial charge on any atom is -0.461 e. The summed E-state index contributed by atoms with van der Waals surface area (Å²) in [5, 5.41) is 4.95. The van der Waals surface area contributed by atoms with E-state index in [2.05, 4.69) is 5.32 Å². The second-order valence-corrected chi connectivity index (χ2v) is 7.23. The van der Waals surface area contributed by atoms with E-state index in [9.17, 15) is 14.4 Å². The molecule has 0 radical (unpaired) electrons. The average Bonchev–Trinajstić information content (AvgIpc) is 3.24. The van der Waals surface area contributed by atoms with Crippen LogP contribution in [-0.2, 0) is 20.9 Å². The van der Waals surface area contributed by atoms with E-state index in [0.717, 1.165) is 34.1 Å². The molecule has 2 fully saturated rings. The molecule has 1 heterocycles. The zero-order valence-corrected chi connectivity index (χ0v) is 15.1. The number of carbonyl (C=O) groups excluding carboxylic acids is 3. The second kappa shape index (κ2) is 7.02. The summed E-state index contributed by atoms with van der Waals surface area (Å²) in [5.74, 6) is -0.622. The van der Waals surface area contributed by atoms with Gasteiger partial charge in [-0.05, 0) is 29.2 Å². The van der Waals surface area contributed by atoms with Crippen molar-refractivity contribution >= 4 is 28.7 Å². The monoisotopic (exact) mass is 366 g/mol. The van der Waals surface area contributed by atoms with Gasteiger partial charge in [-0.2, -0.15) is 0 Å². The van der Waals surface area contributed by atoms with Crippen molar-refractivity contribution in [3.05, 3.63) is 48.0 Å². The van der Waals surface area contributed by atoms with Crippen LogP contribution in [-0.4, -0.2) is 34.9 Å². The molecule has 0 unspecified atom stereocenters. The third-order valence-corrected chi connectivity index (χ3v) is 5.51. The fraction of sp³-hybridized carbons (Fsp3) is 0.381. The number of urea groups is 1. The third kappa shape index (κ3) is 3.27. The van der Waals surface area contributed by atoms with Crippen molar-refractivity contribution in [3.8, 4) is 0 Å². The molecule has 4 rings (SSSR count). The van der Waals surface area contributed by atoms with Crippen molar-refractivity contribution in [1.82, 2.24) is 10.2 Å². The predicted molar refractivity (Wildman–Crippen MR) is 99.8 cm³/mol. The molecule has 0 atom stereocenters. The lowest BCUT2D eigenvalue weighted by atomic mass is 9.98. The van der Waals surface area contributed by atoms with E-state index < -0.39 is 17.5 Å². The molecule has 1 saturated carbocycles. The summed E-state index contributed by atoms with van der Waals surface area (Å²) in [4.78, 5) is 38.0. The minimum absolute atomic E-state index is 0.00000606. The maximum atomic E-state index is 12.6. The molecular formula is C21H22N2O4. The molecule has 1 aliphatic carbocycles. The molecule has 3 amide bonds. The van der Waals surface area contributed by atoms with Gasteiger partial charge in [-0.1, -0.05) is 55.3 Å². The number of hydrogen-bond donors (Lipinski definition) is 1. The summed E-state index contributed by atoms with van der Waals surface area (Å²) in [6.45, 7) is 0.227. The Balaban J connectivity index is 1.33. The zero-order valence-electron chi connectivity index (χ0n) is 15.1. The van der Waals surface area contributed by atoms with Crippen LogP contribution in [0, 0.1) is 0 Å². The fourth-order valence-corrected chi connectivity index (χ4v) is 4.05. The smallest absolute Gasteiger partial charge is 0.325 e. The van der Waals surface area contributed by atoms with Crippen LogP contribution in [0.2, 0.25) is 0 Å². The van der Waals surface area contributed by atoms with E-state index in [0.29, 0.717) is 12.8 Å². The highest BCUT2D eigenvalue weighted by molar-refractivity contribution is 6.07.